The standard InChI is InChI=1S/C54H32N4OS/c1-3-12-33(13-4-1)34-22-24-36(25-23-34)53-56-52(35-14-5-2-6-15-35)57-54(58-53)40-17-11-16-39(30-40)50-51-49(42-19-7-9-20-46(42)59-51)44-32-37(26-28-45(44)55-50)38-27-29-48-43(31-38)41-18-8-10-21-47(41)60-48/h1-32H. The lowest BCUT2D eigenvalue weighted by Crippen LogP contribution is -2.00. The molecule has 60 heavy (non-hydrogen) atoms. The minimum atomic E-state index is 0.578. The van der Waals surface area contributed by atoms with E-state index in [2.05, 4.69) is 133 Å². The molecule has 0 radical (unpaired) electrons. The summed E-state index contributed by atoms with van der Waals surface area (Å²) in [6, 6.07) is 67.4. The van der Waals surface area contributed by atoms with E-state index >= 15 is 0 Å². The number of fused-ring (bicyclic) bond motifs is 8. The Morgan fingerprint density at radius 2 is 0.867 bits per heavy atom. The van der Waals surface area contributed by atoms with Gasteiger partial charge in [0.2, 0.25) is 0 Å². The highest BCUT2D eigenvalue weighted by atomic mass is 32.1. The number of benzene rings is 8. The molecule has 0 atom stereocenters. The summed E-state index contributed by atoms with van der Waals surface area (Å²) >= 11 is 1.84. The maximum atomic E-state index is 6.73. The zero-order valence-corrected chi connectivity index (χ0v) is 32.9. The van der Waals surface area contributed by atoms with E-state index < -0.39 is 0 Å². The van der Waals surface area contributed by atoms with Crippen molar-refractivity contribution < 1.29 is 4.42 Å². The van der Waals surface area contributed by atoms with Gasteiger partial charge in [0.1, 0.15) is 11.3 Å². The van der Waals surface area contributed by atoms with Crippen molar-refractivity contribution >= 4 is 64.4 Å². The first-order valence-corrected chi connectivity index (χ1v) is 20.8. The number of hydrogen-bond donors (Lipinski definition) is 0. The smallest absolute Gasteiger partial charge is 0.164 e. The first-order valence-electron chi connectivity index (χ1n) is 20.0. The molecule has 280 valence electrons. The number of furan rings is 1. The van der Waals surface area contributed by atoms with E-state index in [9.17, 15) is 0 Å². The Hall–Kier alpha value is -7.80. The van der Waals surface area contributed by atoms with Gasteiger partial charge in [-0.3, -0.25) is 0 Å². The summed E-state index contributed by atoms with van der Waals surface area (Å²) in [4.78, 5) is 20.5. The Kier molecular flexibility index (Phi) is 7.96. The molecule has 0 amide bonds. The van der Waals surface area contributed by atoms with Gasteiger partial charge in [-0.1, -0.05) is 152 Å². The third-order valence-electron chi connectivity index (χ3n) is 11.3. The molecule has 12 rings (SSSR count). The summed E-state index contributed by atoms with van der Waals surface area (Å²) < 4.78 is 9.32. The zero-order valence-electron chi connectivity index (χ0n) is 32.1. The molecule has 8 aromatic carbocycles. The van der Waals surface area contributed by atoms with Gasteiger partial charge in [0.05, 0.1) is 5.52 Å². The minimum absolute atomic E-state index is 0.578. The van der Waals surface area contributed by atoms with Gasteiger partial charge < -0.3 is 4.42 Å². The maximum absolute atomic E-state index is 6.73. The van der Waals surface area contributed by atoms with Crippen LogP contribution in [0.15, 0.2) is 199 Å². The Labute approximate surface area is 348 Å². The molecule has 0 bridgehead atoms. The molecule has 6 heteroatoms. The van der Waals surface area contributed by atoms with Crippen LogP contribution in [0.25, 0.3) is 121 Å². The quantitative estimate of drug-likeness (QED) is 0.168. The van der Waals surface area contributed by atoms with Gasteiger partial charge in [0.25, 0.3) is 0 Å². The number of aromatic nitrogens is 4. The Morgan fingerprint density at radius 3 is 1.65 bits per heavy atom. The monoisotopic (exact) mass is 784 g/mol. The van der Waals surface area contributed by atoms with Crippen LogP contribution in [-0.2, 0) is 0 Å². The SMILES string of the molecule is c1ccc(-c2ccc(-c3nc(-c4ccccc4)nc(-c4cccc(-c5nc6ccc(-c7ccc8sc9ccccc9c8c7)cc6c6c5oc5ccccc56)c4)n3)cc2)cc1. The first kappa shape index (κ1) is 34.3. The fraction of sp³-hybridized carbons (Fsp3) is 0. The summed E-state index contributed by atoms with van der Waals surface area (Å²) in [5.74, 6) is 1.79. The van der Waals surface area contributed by atoms with E-state index in [4.69, 9.17) is 24.4 Å². The van der Waals surface area contributed by atoms with E-state index in [1.165, 1.54) is 25.7 Å². The molecule has 0 fully saturated rings. The van der Waals surface area contributed by atoms with Crippen LogP contribution < -0.4 is 0 Å². The van der Waals surface area contributed by atoms with Gasteiger partial charge in [0.15, 0.2) is 23.1 Å². The number of pyridine rings is 1. The first-order chi connectivity index (χ1) is 29.7. The molecule has 0 aliphatic heterocycles. The largest absolute Gasteiger partial charge is 0.454 e. The molecule has 0 N–H and O–H groups in total. The van der Waals surface area contributed by atoms with Crippen LogP contribution in [0.3, 0.4) is 0 Å². The number of hydrogen-bond acceptors (Lipinski definition) is 6. The highest BCUT2D eigenvalue weighted by Gasteiger charge is 2.20. The topological polar surface area (TPSA) is 64.7 Å². The Morgan fingerprint density at radius 1 is 0.333 bits per heavy atom. The van der Waals surface area contributed by atoms with Crippen molar-refractivity contribution in [3.05, 3.63) is 194 Å². The van der Waals surface area contributed by atoms with Crippen LogP contribution in [0.2, 0.25) is 0 Å². The second-order valence-corrected chi connectivity index (χ2v) is 16.1. The van der Waals surface area contributed by atoms with Crippen LogP contribution >= 0.6 is 11.3 Å². The summed E-state index contributed by atoms with van der Waals surface area (Å²) in [6.07, 6.45) is 0. The average Bonchev–Trinajstić information content (AvgIpc) is 3.91. The number of thiophene rings is 1. The highest BCUT2D eigenvalue weighted by molar-refractivity contribution is 7.25. The van der Waals surface area contributed by atoms with Crippen molar-refractivity contribution in [3.8, 4) is 67.7 Å². The molecule has 4 aromatic heterocycles. The maximum Gasteiger partial charge on any atom is 0.164 e. The molecule has 0 aliphatic carbocycles. The number of para-hydroxylation sites is 1. The Bertz CT molecular complexity index is 3600. The highest BCUT2D eigenvalue weighted by Crippen LogP contribution is 2.42. The van der Waals surface area contributed by atoms with Crippen molar-refractivity contribution in [1.29, 1.82) is 0 Å². The van der Waals surface area contributed by atoms with Crippen molar-refractivity contribution in [2.75, 3.05) is 0 Å². The normalized spacial score (nSPS) is 11.7. The van der Waals surface area contributed by atoms with Crippen molar-refractivity contribution in [2.24, 2.45) is 0 Å². The lowest BCUT2D eigenvalue weighted by atomic mass is 9.97. The van der Waals surface area contributed by atoms with Crippen molar-refractivity contribution in [3.63, 3.8) is 0 Å². The average molecular weight is 785 g/mol. The van der Waals surface area contributed by atoms with E-state index in [-0.39, 0.29) is 0 Å². The van der Waals surface area contributed by atoms with Gasteiger partial charge in [-0.05, 0) is 64.7 Å². The molecular formula is C54H32N4OS. The molecule has 0 saturated carbocycles. The van der Waals surface area contributed by atoms with Gasteiger partial charge in [-0.2, -0.15) is 0 Å². The predicted octanol–water partition coefficient (Wildman–Crippen LogP) is 14.7. The van der Waals surface area contributed by atoms with Crippen LogP contribution in [0.5, 0.6) is 0 Å². The molecule has 0 aliphatic rings. The van der Waals surface area contributed by atoms with Gasteiger partial charge in [-0.25, -0.2) is 19.9 Å². The molecule has 0 saturated heterocycles. The van der Waals surface area contributed by atoms with Gasteiger partial charge in [-0.15, -0.1) is 11.3 Å². The van der Waals surface area contributed by atoms with E-state index in [1.54, 1.807) is 0 Å². The molecule has 0 spiro atoms. The van der Waals surface area contributed by atoms with Crippen LogP contribution in [0.1, 0.15) is 0 Å². The lowest BCUT2D eigenvalue weighted by Gasteiger charge is -2.11. The number of rotatable bonds is 6. The minimum Gasteiger partial charge on any atom is -0.454 e. The van der Waals surface area contributed by atoms with Gasteiger partial charge >= 0.3 is 0 Å². The molecule has 4 heterocycles. The summed E-state index contributed by atoms with van der Waals surface area (Å²) in [6.45, 7) is 0. The van der Waals surface area contributed by atoms with E-state index in [1.807, 2.05) is 72.0 Å². The van der Waals surface area contributed by atoms with Crippen molar-refractivity contribution in [1.82, 2.24) is 19.9 Å². The Balaban J connectivity index is 0.996. The van der Waals surface area contributed by atoms with Crippen LogP contribution in [0.4, 0.5) is 0 Å². The van der Waals surface area contributed by atoms with Crippen LogP contribution in [-0.4, -0.2) is 19.9 Å². The fourth-order valence-electron chi connectivity index (χ4n) is 8.36. The number of nitrogens with zero attached hydrogens (tertiary/aromatic N) is 4. The van der Waals surface area contributed by atoms with Crippen LogP contribution in [0, 0.1) is 0 Å². The molecule has 12 aromatic rings. The summed E-state index contributed by atoms with van der Waals surface area (Å²) in [5, 5.41) is 5.73. The van der Waals surface area contributed by atoms with Gasteiger partial charge in [0, 0.05) is 58.6 Å². The molecule has 5 nitrogen and oxygen atoms in total. The third kappa shape index (κ3) is 5.84. The van der Waals surface area contributed by atoms with E-state index in [0.29, 0.717) is 17.5 Å². The molecular weight excluding hydrogens is 753 g/mol. The molecule has 0 unspecified atom stereocenters. The summed E-state index contributed by atoms with van der Waals surface area (Å²) in [5.41, 5.74) is 11.4. The van der Waals surface area contributed by atoms with E-state index in [0.717, 1.165) is 77.5 Å². The fourth-order valence-corrected chi connectivity index (χ4v) is 9.45. The third-order valence-corrected chi connectivity index (χ3v) is 12.5. The summed E-state index contributed by atoms with van der Waals surface area (Å²) in [7, 11) is 0. The second kappa shape index (κ2) is 13.9. The predicted molar refractivity (Wildman–Crippen MR) is 248 cm³/mol. The lowest BCUT2D eigenvalue weighted by molar-refractivity contribution is 0.669. The van der Waals surface area contributed by atoms with Crippen molar-refractivity contribution in [2.45, 2.75) is 0 Å². The zero-order chi connectivity index (χ0) is 39.6. The second-order valence-electron chi connectivity index (χ2n) is 15.0.